The normalized spacial score (nSPS) is 43.8. The zero-order valence-corrected chi connectivity index (χ0v) is 23.3. The molecule has 0 bridgehead atoms. The van der Waals surface area contributed by atoms with Crippen LogP contribution >= 0.6 is 0 Å². The monoisotopic (exact) mass is 490 g/mol. The topological polar surface area (TPSA) is 98.0 Å². The number of allylic oxidation sites excluding steroid dienone is 1. The molecule has 3 saturated carbocycles. The van der Waals surface area contributed by atoms with Crippen molar-refractivity contribution in [3.63, 3.8) is 0 Å². The van der Waals surface area contributed by atoms with Crippen molar-refractivity contribution in [3.8, 4) is 0 Å². The third-order valence-corrected chi connectivity index (χ3v) is 11.9. The zero-order valence-electron chi connectivity index (χ0n) is 23.3. The van der Waals surface area contributed by atoms with E-state index in [0.29, 0.717) is 31.0 Å². The minimum Gasteiger partial charge on any atom is -0.392 e. The Labute approximate surface area is 212 Å². The van der Waals surface area contributed by atoms with E-state index < -0.39 is 23.9 Å². The van der Waals surface area contributed by atoms with E-state index in [2.05, 4.69) is 41.5 Å². The first-order valence-electron chi connectivity index (χ1n) is 13.9. The van der Waals surface area contributed by atoms with Gasteiger partial charge < -0.3 is 20.4 Å². The van der Waals surface area contributed by atoms with Crippen molar-refractivity contribution in [1.29, 1.82) is 0 Å². The van der Waals surface area contributed by atoms with Gasteiger partial charge in [0.15, 0.2) is 0 Å². The predicted molar refractivity (Wildman–Crippen MR) is 138 cm³/mol. The van der Waals surface area contributed by atoms with Gasteiger partial charge in [0.25, 0.3) is 0 Å². The molecule has 4 rings (SSSR count). The number of hydrogen-bond acceptors (Lipinski definition) is 5. The Bertz CT molecular complexity index is 899. The summed E-state index contributed by atoms with van der Waals surface area (Å²) in [6.45, 7) is 16.6. The first-order valence-corrected chi connectivity index (χ1v) is 13.9. The minimum absolute atomic E-state index is 0.0140. The molecule has 3 fully saturated rings. The Morgan fingerprint density at radius 2 is 1.66 bits per heavy atom. The van der Waals surface area contributed by atoms with Gasteiger partial charge in [0, 0.05) is 11.8 Å². The molecule has 200 valence electrons. The van der Waals surface area contributed by atoms with Crippen LogP contribution in [-0.4, -0.2) is 50.1 Å². The van der Waals surface area contributed by atoms with E-state index >= 15 is 0 Å². The average molecular weight is 491 g/mol. The highest BCUT2D eigenvalue weighted by Crippen LogP contribution is 2.74. The summed E-state index contributed by atoms with van der Waals surface area (Å²) in [5.41, 5.74) is 0.895. The molecule has 0 amide bonds. The van der Waals surface area contributed by atoms with E-state index in [-0.39, 0.29) is 33.5 Å². The molecule has 4 aliphatic rings. The number of hydrogen-bond donors (Lipinski definition) is 4. The largest absolute Gasteiger partial charge is 0.392 e. The van der Waals surface area contributed by atoms with Crippen molar-refractivity contribution in [3.05, 3.63) is 11.1 Å². The lowest BCUT2D eigenvalue weighted by Gasteiger charge is -2.69. The molecular formula is C30H50O5. The molecule has 0 aromatic carbocycles. The van der Waals surface area contributed by atoms with Crippen LogP contribution in [0.25, 0.3) is 0 Å². The molecule has 0 aliphatic heterocycles. The lowest BCUT2D eigenvalue weighted by molar-refractivity contribution is -0.208. The molecule has 0 radical (unpaired) electrons. The summed E-state index contributed by atoms with van der Waals surface area (Å²) in [5.74, 6) is 0.914. The van der Waals surface area contributed by atoms with Crippen LogP contribution in [-0.2, 0) is 4.79 Å². The number of aliphatic hydroxyl groups is 4. The highest BCUT2D eigenvalue weighted by atomic mass is 16.4. The van der Waals surface area contributed by atoms with Crippen LogP contribution in [0.2, 0.25) is 0 Å². The highest BCUT2D eigenvalue weighted by Gasteiger charge is 2.69. The standard InChI is InChI=1S/C30H50O5/c1-17(15-21(32)25(34)27(4,5)35)18-9-13-29(7)19(18)16-20(31)24-28(6)12-11-23(33)26(2,3)22(28)10-14-30(24,29)8/h17,20-22,24-25,31-32,34-35H,9-16H2,1-8H3/t17-,20+,21+,22+,24+,25-,28+,29+,30+/m0/s1. The smallest absolute Gasteiger partial charge is 0.138 e. The van der Waals surface area contributed by atoms with Crippen LogP contribution in [0, 0.1) is 39.4 Å². The van der Waals surface area contributed by atoms with Gasteiger partial charge in [-0.25, -0.2) is 0 Å². The van der Waals surface area contributed by atoms with Gasteiger partial charge >= 0.3 is 0 Å². The molecule has 0 saturated heterocycles. The quantitative estimate of drug-likeness (QED) is 0.415. The maximum atomic E-state index is 12.9. The Kier molecular flexibility index (Phi) is 6.53. The number of aliphatic hydroxyl groups excluding tert-OH is 3. The van der Waals surface area contributed by atoms with E-state index in [4.69, 9.17) is 0 Å². The van der Waals surface area contributed by atoms with E-state index in [1.807, 2.05) is 0 Å². The van der Waals surface area contributed by atoms with Crippen LogP contribution in [0.15, 0.2) is 11.1 Å². The fraction of sp³-hybridized carbons (Fsp3) is 0.900. The van der Waals surface area contributed by atoms with Crippen LogP contribution < -0.4 is 0 Å². The predicted octanol–water partition coefficient (Wildman–Crippen LogP) is 4.79. The van der Waals surface area contributed by atoms with E-state index in [1.165, 1.54) is 25.0 Å². The summed E-state index contributed by atoms with van der Waals surface area (Å²) in [5, 5.41) is 43.0. The lowest BCUT2D eigenvalue weighted by atomic mass is 9.36. The van der Waals surface area contributed by atoms with Crippen molar-refractivity contribution in [1.82, 2.24) is 0 Å². The van der Waals surface area contributed by atoms with Crippen LogP contribution in [0.3, 0.4) is 0 Å². The molecule has 35 heavy (non-hydrogen) atoms. The highest BCUT2D eigenvalue weighted by molar-refractivity contribution is 5.85. The first-order chi connectivity index (χ1) is 15.9. The van der Waals surface area contributed by atoms with Crippen molar-refractivity contribution < 1.29 is 25.2 Å². The van der Waals surface area contributed by atoms with E-state index in [9.17, 15) is 25.2 Å². The third-order valence-electron chi connectivity index (χ3n) is 11.9. The summed E-state index contributed by atoms with van der Waals surface area (Å²) in [6, 6.07) is 0. The molecule has 5 nitrogen and oxygen atoms in total. The second-order valence-corrected chi connectivity index (χ2v) is 14.5. The van der Waals surface area contributed by atoms with Crippen molar-refractivity contribution in [2.24, 2.45) is 39.4 Å². The maximum absolute atomic E-state index is 12.9. The Morgan fingerprint density at radius 1 is 1.03 bits per heavy atom. The zero-order chi connectivity index (χ0) is 26.4. The number of carbonyl (C=O) groups excluding carboxylic acids is 1. The molecule has 0 heterocycles. The van der Waals surface area contributed by atoms with Crippen molar-refractivity contribution in [2.75, 3.05) is 0 Å². The number of rotatable bonds is 5. The number of carbonyl (C=O) groups is 1. The molecule has 0 aromatic heterocycles. The summed E-state index contributed by atoms with van der Waals surface area (Å²) < 4.78 is 0. The third kappa shape index (κ3) is 3.82. The second kappa shape index (κ2) is 8.38. The van der Waals surface area contributed by atoms with Gasteiger partial charge in [-0.2, -0.15) is 0 Å². The van der Waals surface area contributed by atoms with Crippen molar-refractivity contribution in [2.45, 2.75) is 131 Å². The first kappa shape index (κ1) is 27.3. The molecule has 9 atom stereocenters. The lowest BCUT2D eigenvalue weighted by Crippen LogP contribution is -2.65. The molecule has 0 spiro atoms. The van der Waals surface area contributed by atoms with Gasteiger partial charge in [0.1, 0.15) is 11.9 Å². The van der Waals surface area contributed by atoms with Crippen LogP contribution in [0.1, 0.15) is 107 Å². The van der Waals surface area contributed by atoms with Gasteiger partial charge in [0.05, 0.1) is 17.8 Å². The van der Waals surface area contributed by atoms with Gasteiger partial charge in [0.2, 0.25) is 0 Å². The summed E-state index contributed by atoms with van der Waals surface area (Å²) >= 11 is 0. The Morgan fingerprint density at radius 3 is 2.26 bits per heavy atom. The molecular weight excluding hydrogens is 440 g/mol. The maximum Gasteiger partial charge on any atom is 0.138 e. The van der Waals surface area contributed by atoms with Crippen LogP contribution in [0.4, 0.5) is 0 Å². The second-order valence-electron chi connectivity index (χ2n) is 14.5. The summed E-state index contributed by atoms with van der Waals surface area (Å²) in [4.78, 5) is 12.9. The fourth-order valence-corrected chi connectivity index (χ4v) is 9.77. The Balaban J connectivity index is 1.68. The number of fused-ring (bicyclic) bond motifs is 5. The van der Waals surface area contributed by atoms with Gasteiger partial charge in [-0.05, 0) is 92.8 Å². The van der Waals surface area contributed by atoms with Gasteiger partial charge in [-0.3, -0.25) is 4.79 Å². The average Bonchev–Trinajstić information content (AvgIpc) is 3.07. The molecule has 0 aromatic rings. The Hall–Kier alpha value is -0.750. The summed E-state index contributed by atoms with van der Waals surface area (Å²) in [7, 11) is 0. The molecule has 4 N–H and O–H groups in total. The minimum atomic E-state index is -1.36. The molecule has 0 unspecified atom stereocenters. The van der Waals surface area contributed by atoms with E-state index in [0.717, 1.165) is 32.1 Å². The summed E-state index contributed by atoms with van der Waals surface area (Å²) in [6.07, 6.45) is 3.96. The van der Waals surface area contributed by atoms with Gasteiger partial charge in [-0.1, -0.05) is 52.7 Å². The number of Topliss-reactive ketones (excluding diaryl/α,β-unsaturated/α-hetero) is 1. The molecule has 5 heteroatoms. The van der Waals surface area contributed by atoms with Crippen molar-refractivity contribution >= 4 is 5.78 Å². The van der Waals surface area contributed by atoms with Gasteiger partial charge in [-0.15, -0.1) is 0 Å². The number of ketones is 1. The van der Waals surface area contributed by atoms with E-state index in [1.54, 1.807) is 0 Å². The van der Waals surface area contributed by atoms with Crippen LogP contribution in [0.5, 0.6) is 0 Å². The molecule has 4 aliphatic carbocycles. The SMILES string of the molecule is C[C@@H](C[C@@H](O)[C@H](O)C(C)(C)O)C1=C2C[C@@H](O)[C@@H]3[C@]4(C)CCC(=O)C(C)(C)[C@H]4CC[C@@]3(C)[C@]2(C)CC1. The fourth-order valence-electron chi connectivity index (χ4n) is 9.77.